The summed E-state index contributed by atoms with van der Waals surface area (Å²) < 4.78 is 2.31. The van der Waals surface area contributed by atoms with Crippen molar-refractivity contribution in [3.63, 3.8) is 0 Å². The van der Waals surface area contributed by atoms with Crippen LogP contribution < -0.4 is 0 Å². The molecule has 1 nitrogen and oxygen atoms in total. The third-order valence-electron chi connectivity index (χ3n) is 5.00. The minimum Gasteiger partial charge on any atom is -0.344 e. The van der Waals surface area contributed by atoms with Crippen molar-refractivity contribution in [3.8, 4) is 11.1 Å². The maximum absolute atomic E-state index is 2.34. The summed E-state index contributed by atoms with van der Waals surface area (Å²) in [5, 5.41) is 5.31. The highest BCUT2D eigenvalue weighted by Gasteiger charge is 2.14. The summed E-state index contributed by atoms with van der Waals surface area (Å²) in [5.41, 5.74) is 5.13. The minimum absolute atomic E-state index is 1.26. The molecule has 1 heteroatoms. The number of para-hydroxylation sites is 1. The van der Waals surface area contributed by atoms with Crippen molar-refractivity contribution in [3.05, 3.63) is 84.9 Å². The van der Waals surface area contributed by atoms with Gasteiger partial charge in [0.2, 0.25) is 0 Å². The highest BCUT2D eigenvalue weighted by atomic mass is 14.9. The van der Waals surface area contributed by atoms with Gasteiger partial charge in [0.05, 0.1) is 5.52 Å². The van der Waals surface area contributed by atoms with E-state index in [0.717, 1.165) is 0 Å². The zero-order chi connectivity index (χ0) is 16.1. The van der Waals surface area contributed by atoms with E-state index >= 15 is 0 Å². The number of aryl methyl sites for hydroxylation is 1. The van der Waals surface area contributed by atoms with Gasteiger partial charge in [-0.15, -0.1) is 0 Å². The van der Waals surface area contributed by atoms with Crippen LogP contribution >= 0.6 is 0 Å². The van der Waals surface area contributed by atoms with Crippen LogP contribution in [-0.2, 0) is 7.05 Å². The van der Waals surface area contributed by atoms with Gasteiger partial charge in [0.1, 0.15) is 0 Å². The van der Waals surface area contributed by atoms with Crippen molar-refractivity contribution in [1.29, 1.82) is 0 Å². The Morgan fingerprint density at radius 2 is 1.21 bits per heavy atom. The summed E-state index contributed by atoms with van der Waals surface area (Å²) in [4.78, 5) is 0. The topological polar surface area (TPSA) is 4.93 Å². The maximum atomic E-state index is 2.34. The second kappa shape index (κ2) is 4.97. The Balaban J connectivity index is 2.05. The normalized spacial score (nSPS) is 11.5. The number of fused-ring (bicyclic) bond motifs is 5. The molecule has 114 valence electrons. The van der Waals surface area contributed by atoms with Crippen LogP contribution in [0.2, 0.25) is 0 Å². The van der Waals surface area contributed by atoms with Gasteiger partial charge in [-0.05, 0) is 34.0 Å². The lowest BCUT2D eigenvalue weighted by atomic mass is 9.95. The van der Waals surface area contributed by atoms with Gasteiger partial charge >= 0.3 is 0 Å². The van der Waals surface area contributed by atoms with E-state index in [2.05, 4.69) is 96.5 Å². The molecule has 0 spiro atoms. The van der Waals surface area contributed by atoms with E-state index in [9.17, 15) is 0 Å². The van der Waals surface area contributed by atoms with E-state index in [1.165, 1.54) is 43.7 Å². The number of hydrogen-bond donors (Lipinski definition) is 0. The highest BCUT2D eigenvalue weighted by Crippen LogP contribution is 2.39. The van der Waals surface area contributed by atoms with Crippen LogP contribution in [0.4, 0.5) is 0 Å². The monoisotopic (exact) mass is 307 g/mol. The van der Waals surface area contributed by atoms with Crippen molar-refractivity contribution in [2.24, 2.45) is 7.05 Å². The average Bonchev–Trinajstić information content (AvgIpc) is 2.95. The Morgan fingerprint density at radius 3 is 2.00 bits per heavy atom. The van der Waals surface area contributed by atoms with Crippen LogP contribution in [0, 0.1) is 0 Å². The van der Waals surface area contributed by atoms with E-state index in [1.54, 1.807) is 0 Å². The van der Waals surface area contributed by atoms with Crippen molar-refractivity contribution in [1.82, 2.24) is 4.57 Å². The van der Waals surface area contributed by atoms with Crippen LogP contribution in [0.3, 0.4) is 0 Å². The SMILES string of the molecule is Cn1c2ccccc2c2c3ccccc3c(-c3ccccc3)cc21. The second-order valence-corrected chi connectivity index (χ2v) is 6.31. The average molecular weight is 307 g/mol. The fraction of sp³-hybridized carbons (Fsp3) is 0.0435. The molecule has 0 radical (unpaired) electrons. The number of nitrogens with zero attached hydrogens (tertiary/aromatic N) is 1. The second-order valence-electron chi connectivity index (χ2n) is 6.31. The predicted octanol–water partition coefficient (Wildman–Crippen LogP) is 6.15. The summed E-state index contributed by atoms with van der Waals surface area (Å²) in [6.07, 6.45) is 0. The molecule has 0 fully saturated rings. The first-order valence-electron chi connectivity index (χ1n) is 8.29. The molecule has 0 bridgehead atoms. The van der Waals surface area contributed by atoms with E-state index in [-0.39, 0.29) is 0 Å². The Labute approximate surface area is 140 Å². The van der Waals surface area contributed by atoms with Crippen molar-refractivity contribution >= 4 is 32.6 Å². The zero-order valence-corrected chi connectivity index (χ0v) is 13.5. The standard InChI is InChI=1S/C23H17N/c1-24-21-14-8-7-13-19(21)23-18-12-6-5-11-17(18)20(15-22(23)24)16-9-3-2-4-10-16/h2-15H,1H3. The van der Waals surface area contributed by atoms with E-state index in [0.29, 0.717) is 0 Å². The fourth-order valence-electron chi connectivity index (χ4n) is 3.87. The molecule has 0 aliphatic carbocycles. The van der Waals surface area contributed by atoms with Crippen LogP contribution in [0.15, 0.2) is 84.9 Å². The molecule has 5 rings (SSSR count). The van der Waals surface area contributed by atoms with E-state index < -0.39 is 0 Å². The fourth-order valence-corrected chi connectivity index (χ4v) is 3.87. The molecule has 0 amide bonds. The van der Waals surface area contributed by atoms with Gasteiger partial charge in [-0.2, -0.15) is 0 Å². The molecule has 0 aliphatic heterocycles. The molecule has 0 aliphatic rings. The first kappa shape index (κ1) is 13.4. The van der Waals surface area contributed by atoms with Crippen LogP contribution in [-0.4, -0.2) is 4.57 Å². The quantitative estimate of drug-likeness (QED) is 0.350. The first-order valence-corrected chi connectivity index (χ1v) is 8.29. The maximum Gasteiger partial charge on any atom is 0.0501 e. The molecule has 0 unspecified atom stereocenters. The van der Waals surface area contributed by atoms with E-state index in [1.807, 2.05) is 0 Å². The summed E-state index contributed by atoms with van der Waals surface area (Å²) in [7, 11) is 2.16. The molecule has 1 aromatic heterocycles. The van der Waals surface area contributed by atoms with Gasteiger partial charge in [0.15, 0.2) is 0 Å². The number of rotatable bonds is 1. The lowest BCUT2D eigenvalue weighted by molar-refractivity contribution is 1.01. The van der Waals surface area contributed by atoms with Crippen LogP contribution in [0.5, 0.6) is 0 Å². The highest BCUT2D eigenvalue weighted by molar-refractivity contribution is 6.23. The molecule has 24 heavy (non-hydrogen) atoms. The van der Waals surface area contributed by atoms with Gasteiger partial charge < -0.3 is 4.57 Å². The summed E-state index contributed by atoms with van der Waals surface area (Å²) in [5.74, 6) is 0. The number of aromatic nitrogens is 1. The van der Waals surface area contributed by atoms with Gasteiger partial charge in [-0.3, -0.25) is 0 Å². The first-order chi connectivity index (χ1) is 11.8. The molecule has 0 saturated heterocycles. The molecule has 1 heterocycles. The van der Waals surface area contributed by atoms with Crippen LogP contribution in [0.25, 0.3) is 43.7 Å². The lowest BCUT2D eigenvalue weighted by Gasteiger charge is -2.10. The molecule has 0 atom stereocenters. The Bertz CT molecular complexity index is 1200. The van der Waals surface area contributed by atoms with Gasteiger partial charge in [-0.1, -0.05) is 72.8 Å². The summed E-state index contributed by atoms with van der Waals surface area (Å²) >= 11 is 0. The molecular formula is C23H17N. The number of benzene rings is 4. The third-order valence-corrected chi connectivity index (χ3v) is 5.00. The van der Waals surface area contributed by atoms with E-state index in [4.69, 9.17) is 0 Å². The minimum atomic E-state index is 1.26. The van der Waals surface area contributed by atoms with Gasteiger partial charge in [0, 0.05) is 23.3 Å². The van der Waals surface area contributed by atoms with Crippen LogP contribution in [0.1, 0.15) is 0 Å². The van der Waals surface area contributed by atoms with Crippen molar-refractivity contribution in [2.45, 2.75) is 0 Å². The molecule has 0 saturated carbocycles. The summed E-state index contributed by atoms with van der Waals surface area (Å²) in [6, 6.07) is 30.4. The smallest absolute Gasteiger partial charge is 0.0501 e. The Morgan fingerprint density at radius 1 is 0.583 bits per heavy atom. The number of hydrogen-bond acceptors (Lipinski definition) is 0. The zero-order valence-electron chi connectivity index (χ0n) is 13.5. The predicted molar refractivity (Wildman–Crippen MR) is 103 cm³/mol. The Kier molecular flexibility index (Phi) is 2.77. The molecule has 4 aromatic carbocycles. The van der Waals surface area contributed by atoms with Crippen molar-refractivity contribution in [2.75, 3.05) is 0 Å². The van der Waals surface area contributed by atoms with Gasteiger partial charge in [0.25, 0.3) is 0 Å². The lowest BCUT2D eigenvalue weighted by Crippen LogP contribution is -1.88. The molecule has 0 N–H and O–H groups in total. The van der Waals surface area contributed by atoms with Crippen molar-refractivity contribution < 1.29 is 0 Å². The van der Waals surface area contributed by atoms with Gasteiger partial charge in [-0.25, -0.2) is 0 Å². The largest absolute Gasteiger partial charge is 0.344 e. The third kappa shape index (κ3) is 1.75. The Hall–Kier alpha value is -3.06. The molecule has 5 aromatic rings. The molecular weight excluding hydrogens is 290 g/mol. The summed E-state index contributed by atoms with van der Waals surface area (Å²) in [6.45, 7) is 0.